The van der Waals surface area contributed by atoms with Crippen molar-refractivity contribution in [3.8, 4) is 0 Å². The summed E-state index contributed by atoms with van der Waals surface area (Å²) in [5.41, 5.74) is 1.12. The molecule has 6 heteroatoms. The quantitative estimate of drug-likeness (QED) is 0.350. The molecule has 1 rings (SSSR count). The lowest BCUT2D eigenvalue weighted by molar-refractivity contribution is 0.549. The zero-order valence-corrected chi connectivity index (χ0v) is 21.0. The largest absolute Gasteiger partial charge is 0.345 e. The lowest BCUT2D eigenvalue weighted by atomic mass is 10.1. The first-order valence-corrected chi connectivity index (χ1v) is 12.1. The van der Waals surface area contributed by atoms with Crippen molar-refractivity contribution in [1.82, 2.24) is 9.97 Å². The Kier molecular flexibility index (Phi) is 20.1. The third-order valence-corrected chi connectivity index (χ3v) is 5.06. The van der Waals surface area contributed by atoms with E-state index in [9.17, 15) is 4.79 Å². The van der Waals surface area contributed by atoms with Crippen LogP contribution in [0.15, 0.2) is 15.9 Å². The fraction of sp³-hybridized carbons (Fsp3) is 0.727. The van der Waals surface area contributed by atoms with Crippen LogP contribution in [-0.4, -0.2) is 15.7 Å². The van der Waals surface area contributed by atoms with Crippen molar-refractivity contribution in [3.05, 3.63) is 31.9 Å². The summed E-state index contributed by atoms with van der Waals surface area (Å²) in [6, 6.07) is 0. The number of nitrogens with one attached hydrogen (secondary N) is 3. The van der Waals surface area contributed by atoms with Crippen molar-refractivity contribution >= 4 is 29.7 Å². The molecule has 0 saturated carbocycles. The minimum atomic E-state index is -0.180. The second-order valence-corrected chi connectivity index (χ2v) is 8.41. The van der Waals surface area contributed by atoms with Gasteiger partial charge in [-0.2, -0.15) is 0 Å². The van der Waals surface area contributed by atoms with Crippen molar-refractivity contribution in [3.63, 3.8) is 0 Å². The molecule has 1 aromatic heterocycles. The SMILES string of the molecule is CC/C=C(\Nc1c(C)[nH]c(=S)[nH]c1=O)SCCC(C)CC.CCC.CCCC. The summed E-state index contributed by atoms with van der Waals surface area (Å²) in [5, 5.41) is 4.27. The molecule has 4 nitrogen and oxygen atoms in total. The fourth-order valence-electron chi connectivity index (χ4n) is 1.78. The lowest BCUT2D eigenvalue weighted by Gasteiger charge is -2.13. The van der Waals surface area contributed by atoms with Gasteiger partial charge in [0.2, 0.25) is 0 Å². The zero-order chi connectivity index (χ0) is 21.9. The molecule has 0 saturated heterocycles. The molecule has 0 aliphatic carbocycles. The second-order valence-electron chi connectivity index (χ2n) is 6.87. The van der Waals surface area contributed by atoms with E-state index in [-0.39, 0.29) is 5.56 Å². The average Bonchev–Trinajstić information content (AvgIpc) is 2.65. The lowest BCUT2D eigenvalue weighted by Crippen LogP contribution is -2.16. The number of aryl methyl sites for hydroxylation is 1. The molecule has 0 fully saturated rings. The number of thioether (sulfide) groups is 1. The highest BCUT2D eigenvalue weighted by Gasteiger charge is 2.08. The molecule has 0 bridgehead atoms. The van der Waals surface area contributed by atoms with Crippen molar-refractivity contribution in [2.45, 2.75) is 93.9 Å². The van der Waals surface area contributed by atoms with Crippen LogP contribution in [0.1, 0.15) is 92.7 Å². The van der Waals surface area contributed by atoms with Gasteiger partial charge in [-0.1, -0.05) is 80.2 Å². The summed E-state index contributed by atoms with van der Waals surface area (Å²) >= 11 is 6.73. The Balaban J connectivity index is 0. The van der Waals surface area contributed by atoms with Gasteiger partial charge in [0.15, 0.2) is 4.77 Å². The van der Waals surface area contributed by atoms with Gasteiger partial charge in [-0.3, -0.25) is 9.78 Å². The summed E-state index contributed by atoms with van der Waals surface area (Å²) in [4.78, 5) is 17.6. The van der Waals surface area contributed by atoms with Gasteiger partial charge in [0.05, 0.1) is 5.03 Å². The maximum absolute atomic E-state index is 12.0. The Morgan fingerprint density at radius 1 is 1.14 bits per heavy atom. The molecule has 1 atom stereocenters. The molecule has 0 radical (unpaired) electrons. The number of H-pyrrole nitrogens is 2. The molecule has 1 heterocycles. The third kappa shape index (κ3) is 15.0. The minimum Gasteiger partial charge on any atom is -0.345 e. The van der Waals surface area contributed by atoms with E-state index in [2.05, 4.69) is 69.8 Å². The molecule has 164 valence electrons. The van der Waals surface area contributed by atoms with E-state index in [4.69, 9.17) is 12.2 Å². The summed E-state index contributed by atoms with van der Waals surface area (Å²) in [6.07, 6.45) is 9.31. The van der Waals surface area contributed by atoms with Crippen molar-refractivity contribution in [1.29, 1.82) is 0 Å². The number of aromatic nitrogens is 2. The van der Waals surface area contributed by atoms with Crippen LogP contribution in [0.5, 0.6) is 0 Å². The van der Waals surface area contributed by atoms with Crippen LogP contribution in [0, 0.1) is 17.6 Å². The number of hydrogen-bond acceptors (Lipinski definition) is 4. The Morgan fingerprint density at radius 2 is 1.71 bits per heavy atom. The van der Waals surface area contributed by atoms with Gasteiger partial charge in [0.25, 0.3) is 5.56 Å². The molecule has 0 aliphatic rings. The van der Waals surface area contributed by atoms with Crippen LogP contribution in [0.25, 0.3) is 0 Å². The zero-order valence-electron chi connectivity index (χ0n) is 19.3. The summed E-state index contributed by atoms with van der Waals surface area (Å²) < 4.78 is 0.355. The monoisotopic (exact) mass is 429 g/mol. The van der Waals surface area contributed by atoms with Crippen molar-refractivity contribution in [2.75, 3.05) is 11.1 Å². The van der Waals surface area contributed by atoms with Gasteiger partial charge in [-0.25, -0.2) is 0 Å². The first-order valence-electron chi connectivity index (χ1n) is 10.7. The van der Waals surface area contributed by atoms with Crippen LogP contribution < -0.4 is 10.9 Å². The van der Waals surface area contributed by atoms with E-state index in [1.54, 1.807) is 11.8 Å². The van der Waals surface area contributed by atoms with Crippen LogP contribution in [-0.2, 0) is 0 Å². The Morgan fingerprint density at radius 3 is 2.14 bits per heavy atom. The maximum Gasteiger partial charge on any atom is 0.275 e. The molecule has 0 spiro atoms. The summed E-state index contributed by atoms with van der Waals surface area (Å²) in [6.45, 7) is 17.0. The molecular weight excluding hydrogens is 386 g/mol. The number of unbranched alkanes of at least 4 members (excludes halogenated alkanes) is 1. The van der Waals surface area contributed by atoms with E-state index in [0.717, 1.165) is 28.8 Å². The molecule has 0 amide bonds. The van der Waals surface area contributed by atoms with Gasteiger partial charge in [0.1, 0.15) is 5.69 Å². The average molecular weight is 430 g/mol. The summed E-state index contributed by atoms with van der Waals surface area (Å²) in [5.74, 6) is 1.78. The van der Waals surface area contributed by atoms with Crippen LogP contribution in [0.2, 0.25) is 0 Å². The van der Waals surface area contributed by atoms with E-state index < -0.39 is 0 Å². The molecule has 0 aliphatic heterocycles. The topological polar surface area (TPSA) is 60.7 Å². The number of rotatable bonds is 9. The molecular formula is C22H43N3OS2. The molecule has 28 heavy (non-hydrogen) atoms. The second kappa shape index (κ2) is 19.3. The predicted molar refractivity (Wildman–Crippen MR) is 132 cm³/mol. The van der Waals surface area contributed by atoms with E-state index in [1.165, 1.54) is 32.1 Å². The predicted octanol–water partition coefficient (Wildman–Crippen LogP) is 7.80. The standard InChI is InChI=1S/C15H25N3OS2.C4H10.C3H8/c1-5-7-12(21-9-8-10(3)6-2)17-13-11(4)16-15(20)18-14(13)19;1-3-4-2;1-3-2/h7,10,17H,5-6,8-9H2,1-4H3,(H2,16,18,19,20);3-4H2,1-2H3;3H2,1-2H3/b12-7+;;. The highest BCUT2D eigenvalue weighted by Crippen LogP contribution is 2.22. The van der Waals surface area contributed by atoms with Crippen LogP contribution >= 0.6 is 24.0 Å². The van der Waals surface area contributed by atoms with Gasteiger partial charge in [-0.15, -0.1) is 11.8 Å². The van der Waals surface area contributed by atoms with Gasteiger partial charge < -0.3 is 10.3 Å². The number of allylic oxidation sites excluding steroid dienone is 1. The smallest absolute Gasteiger partial charge is 0.275 e. The van der Waals surface area contributed by atoms with Crippen LogP contribution in [0.4, 0.5) is 5.69 Å². The maximum atomic E-state index is 12.0. The van der Waals surface area contributed by atoms with E-state index in [1.807, 2.05) is 6.92 Å². The van der Waals surface area contributed by atoms with Gasteiger partial charge in [-0.05, 0) is 43.7 Å². The van der Waals surface area contributed by atoms with Crippen LogP contribution in [0.3, 0.4) is 0 Å². The Bertz CT molecular complexity index is 633. The minimum absolute atomic E-state index is 0.180. The Labute approximate surface area is 182 Å². The third-order valence-electron chi connectivity index (χ3n) is 3.83. The van der Waals surface area contributed by atoms with Crippen molar-refractivity contribution in [2.24, 2.45) is 5.92 Å². The normalized spacial score (nSPS) is 11.6. The fourth-order valence-corrected chi connectivity index (χ4v) is 3.22. The number of hydrogen-bond donors (Lipinski definition) is 3. The van der Waals surface area contributed by atoms with Gasteiger partial charge >= 0.3 is 0 Å². The number of anilines is 1. The van der Waals surface area contributed by atoms with Crippen molar-refractivity contribution < 1.29 is 0 Å². The first kappa shape index (κ1) is 29.2. The van der Waals surface area contributed by atoms with E-state index >= 15 is 0 Å². The first-order chi connectivity index (χ1) is 13.3. The number of aromatic amines is 2. The van der Waals surface area contributed by atoms with Gasteiger partial charge in [0, 0.05) is 5.69 Å². The molecule has 1 unspecified atom stereocenters. The molecule has 0 aromatic carbocycles. The highest BCUT2D eigenvalue weighted by atomic mass is 32.2. The highest BCUT2D eigenvalue weighted by molar-refractivity contribution is 8.03. The summed E-state index contributed by atoms with van der Waals surface area (Å²) in [7, 11) is 0. The molecule has 3 N–H and O–H groups in total. The Hall–Kier alpha value is -1.01. The molecule has 1 aromatic rings. The van der Waals surface area contributed by atoms with E-state index in [0.29, 0.717) is 10.5 Å².